The van der Waals surface area contributed by atoms with E-state index in [1.807, 2.05) is 30.7 Å². The van der Waals surface area contributed by atoms with E-state index in [9.17, 15) is 10.0 Å². The summed E-state index contributed by atoms with van der Waals surface area (Å²) >= 11 is 6.25. The number of hydrogen-bond donors (Lipinski definition) is 1. The van der Waals surface area contributed by atoms with E-state index >= 15 is 0 Å². The first-order chi connectivity index (χ1) is 9.99. The molecule has 1 unspecified atom stereocenters. The zero-order valence-electron chi connectivity index (χ0n) is 11.6. The van der Waals surface area contributed by atoms with E-state index in [2.05, 4.69) is 5.32 Å². The van der Waals surface area contributed by atoms with Gasteiger partial charge in [-0.25, -0.2) is 0 Å². The minimum atomic E-state index is -0.645. The highest BCUT2D eigenvalue weighted by Gasteiger charge is 2.33. The second kappa shape index (κ2) is 4.93. The average Bonchev–Trinajstić information content (AvgIpc) is 2.62. The first-order valence-electron chi connectivity index (χ1n) is 6.50. The lowest BCUT2D eigenvalue weighted by Gasteiger charge is -2.18. The monoisotopic (exact) mass is 303 g/mol. The van der Waals surface area contributed by atoms with Crippen molar-refractivity contribution >= 4 is 29.4 Å². The molecule has 0 spiro atoms. The van der Waals surface area contributed by atoms with Gasteiger partial charge in [0.25, 0.3) is 0 Å². The summed E-state index contributed by atoms with van der Waals surface area (Å²) in [4.78, 5) is 11.8. The maximum Gasteiger partial charge on any atom is 0.313 e. The number of halogens is 1. The quantitative estimate of drug-likeness (QED) is 0.650. The number of rotatable bonds is 1. The van der Waals surface area contributed by atoms with Gasteiger partial charge in [0.2, 0.25) is 12.3 Å². The Bertz CT molecular complexity index is 764. The van der Waals surface area contributed by atoms with E-state index in [-0.39, 0.29) is 0 Å². The van der Waals surface area contributed by atoms with Crippen LogP contribution in [0.4, 0.5) is 5.69 Å². The van der Waals surface area contributed by atoms with Crippen LogP contribution in [-0.4, -0.2) is 21.4 Å². The van der Waals surface area contributed by atoms with Crippen LogP contribution in [0.3, 0.4) is 0 Å². The summed E-state index contributed by atoms with van der Waals surface area (Å²) < 4.78 is 2.54. The molecule has 108 valence electrons. The summed E-state index contributed by atoms with van der Waals surface area (Å²) in [6.07, 6.45) is 2.83. The van der Waals surface area contributed by atoms with Crippen molar-refractivity contribution in [3.63, 3.8) is 0 Å². The summed E-state index contributed by atoms with van der Waals surface area (Å²) in [5, 5.41) is 15.7. The fraction of sp³-hybridized carbons (Fsp3) is 0.200. The van der Waals surface area contributed by atoms with Gasteiger partial charge >= 0.3 is 5.91 Å². The van der Waals surface area contributed by atoms with E-state index in [1.54, 1.807) is 18.3 Å². The van der Waals surface area contributed by atoms with Gasteiger partial charge in [-0.2, -0.15) is 4.74 Å². The third-order valence-electron chi connectivity index (χ3n) is 3.76. The van der Waals surface area contributed by atoms with Crippen LogP contribution >= 0.6 is 11.6 Å². The van der Waals surface area contributed by atoms with Crippen molar-refractivity contribution in [3.05, 3.63) is 57.5 Å². The van der Waals surface area contributed by atoms with Crippen molar-refractivity contribution in [1.82, 2.24) is 4.57 Å². The molecule has 1 aliphatic heterocycles. The zero-order valence-corrected chi connectivity index (χ0v) is 12.4. The molecule has 1 aliphatic rings. The lowest BCUT2D eigenvalue weighted by Crippen LogP contribution is -2.19. The topological polar surface area (TPSA) is 60.1 Å². The van der Waals surface area contributed by atoms with Gasteiger partial charge in [-0.3, -0.25) is 4.79 Å². The van der Waals surface area contributed by atoms with Crippen molar-refractivity contribution < 1.29 is 9.53 Å². The number of anilines is 1. The van der Waals surface area contributed by atoms with E-state index in [1.165, 1.54) is 0 Å². The Morgan fingerprint density at radius 1 is 1.38 bits per heavy atom. The number of hydroxylamine groups is 1. The van der Waals surface area contributed by atoms with Crippen LogP contribution in [0.2, 0.25) is 5.02 Å². The summed E-state index contributed by atoms with van der Waals surface area (Å²) in [7, 11) is 1.87. The van der Waals surface area contributed by atoms with Crippen molar-refractivity contribution in [1.29, 1.82) is 0 Å². The SMILES string of the molecule is Cc1c2c(cn1C)NC(=O)C=[N+]([O-])C2c1ccccc1Cl. The van der Waals surface area contributed by atoms with Crippen LogP contribution in [0.5, 0.6) is 0 Å². The number of aryl methyl sites for hydroxylation is 1. The molecule has 21 heavy (non-hydrogen) atoms. The third kappa shape index (κ3) is 2.19. The molecule has 2 aromatic rings. The van der Waals surface area contributed by atoms with E-state index in [0.29, 0.717) is 21.0 Å². The molecule has 6 heteroatoms. The van der Waals surface area contributed by atoms with Gasteiger partial charge in [-0.15, -0.1) is 0 Å². The Kier molecular flexibility index (Phi) is 3.22. The first kappa shape index (κ1) is 13.7. The molecule has 0 bridgehead atoms. The van der Waals surface area contributed by atoms with E-state index in [4.69, 9.17) is 11.6 Å². The number of nitrogens with zero attached hydrogens (tertiary/aromatic N) is 2. The van der Waals surface area contributed by atoms with Crippen LogP contribution in [0.25, 0.3) is 0 Å². The molecule has 0 fully saturated rings. The summed E-state index contributed by atoms with van der Waals surface area (Å²) in [6.45, 7) is 1.91. The van der Waals surface area contributed by atoms with Crippen LogP contribution in [-0.2, 0) is 11.8 Å². The highest BCUT2D eigenvalue weighted by Crippen LogP contribution is 2.38. The molecule has 0 saturated carbocycles. The summed E-state index contributed by atoms with van der Waals surface area (Å²) in [6, 6.07) is 6.53. The molecule has 3 rings (SSSR count). The van der Waals surface area contributed by atoms with E-state index < -0.39 is 11.9 Å². The Morgan fingerprint density at radius 3 is 2.81 bits per heavy atom. The molecule has 0 aliphatic carbocycles. The zero-order chi connectivity index (χ0) is 15.1. The van der Waals surface area contributed by atoms with Crippen molar-refractivity contribution in [3.8, 4) is 0 Å². The van der Waals surface area contributed by atoms with Crippen molar-refractivity contribution in [2.45, 2.75) is 13.0 Å². The fourth-order valence-corrected chi connectivity index (χ4v) is 2.90. The third-order valence-corrected chi connectivity index (χ3v) is 4.11. The van der Waals surface area contributed by atoms with E-state index in [0.717, 1.165) is 17.5 Å². The lowest BCUT2D eigenvalue weighted by molar-refractivity contribution is -0.490. The lowest BCUT2D eigenvalue weighted by atomic mass is 9.98. The Morgan fingerprint density at radius 2 is 2.10 bits per heavy atom. The van der Waals surface area contributed by atoms with Crippen molar-refractivity contribution in [2.24, 2.45) is 7.05 Å². The Balaban J connectivity index is 2.29. The molecular weight excluding hydrogens is 290 g/mol. The second-order valence-electron chi connectivity index (χ2n) is 5.06. The molecular formula is C15H14ClN3O2. The number of carbonyl (C=O) groups is 1. The summed E-state index contributed by atoms with van der Waals surface area (Å²) in [5.41, 5.74) is 2.99. The number of nitrogens with one attached hydrogen (secondary N) is 1. The van der Waals surface area contributed by atoms with Gasteiger partial charge in [0.1, 0.15) is 0 Å². The van der Waals surface area contributed by atoms with Crippen molar-refractivity contribution in [2.75, 3.05) is 5.32 Å². The molecule has 1 aromatic carbocycles. The van der Waals surface area contributed by atoms with Gasteiger partial charge in [-0.05, 0) is 13.0 Å². The van der Waals surface area contributed by atoms with Crippen LogP contribution in [0.15, 0.2) is 30.5 Å². The fourth-order valence-electron chi connectivity index (χ4n) is 2.66. The van der Waals surface area contributed by atoms with Gasteiger partial charge in [0.15, 0.2) is 0 Å². The molecule has 2 heterocycles. The maximum absolute atomic E-state index is 12.4. The molecule has 0 saturated heterocycles. The number of carbonyl (C=O) groups excluding carboxylic acids is 1. The van der Waals surface area contributed by atoms with Gasteiger partial charge in [0, 0.05) is 24.5 Å². The predicted octanol–water partition coefficient (Wildman–Crippen LogP) is 2.61. The molecule has 1 N–H and O–H groups in total. The number of amides is 1. The van der Waals surface area contributed by atoms with Gasteiger partial charge < -0.3 is 15.1 Å². The molecule has 0 radical (unpaired) electrons. The van der Waals surface area contributed by atoms with Crippen LogP contribution < -0.4 is 5.32 Å². The number of hydrogen-bond acceptors (Lipinski definition) is 2. The highest BCUT2D eigenvalue weighted by atomic mass is 35.5. The smallest absolute Gasteiger partial charge is 0.313 e. The summed E-state index contributed by atoms with van der Waals surface area (Å²) in [5.74, 6) is -0.439. The normalized spacial score (nSPS) is 17.8. The Labute approximate surface area is 127 Å². The molecule has 1 atom stereocenters. The second-order valence-corrected chi connectivity index (χ2v) is 5.46. The molecule has 5 nitrogen and oxygen atoms in total. The highest BCUT2D eigenvalue weighted by molar-refractivity contribution is 6.32. The van der Waals surface area contributed by atoms with Crippen LogP contribution in [0.1, 0.15) is 22.9 Å². The van der Waals surface area contributed by atoms with Gasteiger partial charge in [0.05, 0.1) is 16.3 Å². The first-order valence-corrected chi connectivity index (χ1v) is 6.88. The number of fused-ring (bicyclic) bond motifs is 1. The standard InChI is InChI=1S/C15H14ClN3O2/c1-9-14-12(7-18(9)2)17-13(20)8-19(21)15(14)10-5-3-4-6-11(10)16/h3-8,15H,1-2H3,(H,17,20). The minimum absolute atomic E-state index is 0.439. The predicted molar refractivity (Wildman–Crippen MR) is 81.8 cm³/mol. The average molecular weight is 304 g/mol. The maximum atomic E-state index is 12.4. The largest absolute Gasteiger partial charge is 0.623 e. The Hall–Kier alpha value is -2.27. The van der Waals surface area contributed by atoms with Gasteiger partial charge in [-0.1, -0.05) is 29.8 Å². The number of aromatic nitrogens is 1. The molecule has 1 amide bonds. The van der Waals surface area contributed by atoms with Crippen LogP contribution in [0, 0.1) is 12.1 Å². The molecule has 1 aromatic heterocycles. The minimum Gasteiger partial charge on any atom is -0.623 e. The number of benzene rings is 1.